The van der Waals surface area contributed by atoms with Gasteiger partial charge in [0.15, 0.2) is 5.13 Å². The molecule has 0 bridgehead atoms. The van der Waals surface area contributed by atoms with Crippen molar-refractivity contribution in [1.29, 1.82) is 0 Å². The highest BCUT2D eigenvalue weighted by atomic mass is 32.1. The number of hydrogen-bond acceptors (Lipinski definition) is 4. The van der Waals surface area contributed by atoms with E-state index in [1.165, 1.54) is 28.5 Å². The molecule has 1 saturated heterocycles. The molecule has 0 radical (unpaired) electrons. The first-order valence-electron chi connectivity index (χ1n) is 8.29. The first-order valence-corrected chi connectivity index (χ1v) is 9.11. The van der Waals surface area contributed by atoms with Gasteiger partial charge in [0.05, 0.1) is 5.69 Å². The lowest BCUT2D eigenvalue weighted by Gasteiger charge is -2.31. The summed E-state index contributed by atoms with van der Waals surface area (Å²) in [7, 11) is 0. The molecule has 1 fully saturated rings. The maximum atomic E-state index is 4.99. The number of thiazole rings is 1. The molecule has 21 heavy (non-hydrogen) atoms. The number of aromatic nitrogens is 1. The minimum atomic E-state index is 0.259. The Morgan fingerprint density at radius 2 is 2.00 bits per heavy atom. The van der Waals surface area contributed by atoms with Crippen LogP contribution in [0.5, 0.6) is 0 Å². The molecule has 1 aliphatic rings. The number of hydrogen-bond donors (Lipinski definition) is 1. The van der Waals surface area contributed by atoms with Gasteiger partial charge < -0.3 is 10.2 Å². The van der Waals surface area contributed by atoms with Crippen LogP contribution in [0.1, 0.15) is 70.9 Å². The Balaban J connectivity index is 2.17. The van der Waals surface area contributed by atoms with Crippen LogP contribution in [-0.2, 0) is 6.54 Å². The molecule has 1 aromatic heterocycles. The Kier molecular flexibility index (Phi) is 5.31. The van der Waals surface area contributed by atoms with E-state index in [0.717, 1.165) is 19.6 Å². The summed E-state index contributed by atoms with van der Waals surface area (Å²) in [5, 5.41) is 4.80. The summed E-state index contributed by atoms with van der Waals surface area (Å²) >= 11 is 1.89. The van der Waals surface area contributed by atoms with Gasteiger partial charge >= 0.3 is 0 Å². The molecule has 4 heteroatoms. The van der Waals surface area contributed by atoms with Crippen LogP contribution in [0.3, 0.4) is 0 Å². The molecule has 0 aliphatic carbocycles. The van der Waals surface area contributed by atoms with Crippen molar-refractivity contribution in [2.45, 2.75) is 72.4 Å². The Morgan fingerprint density at radius 1 is 1.29 bits per heavy atom. The molecular weight excluding hydrogens is 278 g/mol. The zero-order chi connectivity index (χ0) is 15.6. The van der Waals surface area contributed by atoms with Crippen LogP contribution in [0.2, 0.25) is 0 Å². The fourth-order valence-corrected chi connectivity index (χ4v) is 4.35. The van der Waals surface area contributed by atoms with Gasteiger partial charge in [-0.05, 0) is 45.1 Å². The highest BCUT2D eigenvalue weighted by molar-refractivity contribution is 7.15. The topological polar surface area (TPSA) is 28.2 Å². The van der Waals surface area contributed by atoms with Crippen molar-refractivity contribution in [3.8, 4) is 0 Å². The molecule has 1 aromatic rings. The van der Waals surface area contributed by atoms with Crippen LogP contribution in [0, 0.1) is 5.92 Å². The van der Waals surface area contributed by atoms with Crippen molar-refractivity contribution in [3.63, 3.8) is 0 Å². The molecule has 0 aromatic carbocycles. The molecule has 1 N–H and O–H groups in total. The van der Waals surface area contributed by atoms with E-state index in [0.29, 0.717) is 11.8 Å². The van der Waals surface area contributed by atoms with Crippen molar-refractivity contribution >= 4 is 16.5 Å². The minimum Gasteiger partial charge on any atom is -0.343 e. The highest BCUT2D eigenvalue weighted by Crippen LogP contribution is 2.38. The van der Waals surface area contributed by atoms with Gasteiger partial charge in [-0.15, -0.1) is 11.3 Å². The maximum absolute atomic E-state index is 4.99. The van der Waals surface area contributed by atoms with Gasteiger partial charge in [-0.2, -0.15) is 0 Å². The zero-order valence-electron chi connectivity index (χ0n) is 14.5. The lowest BCUT2D eigenvalue weighted by molar-refractivity contribution is 0.516. The summed E-state index contributed by atoms with van der Waals surface area (Å²) in [4.78, 5) is 8.92. The monoisotopic (exact) mass is 309 g/mol. The van der Waals surface area contributed by atoms with E-state index in [-0.39, 0.29) is 5.54 Å². The summed E-state index contributed by atoms with van der Waals surface area (Å²) < 4.78 is 0. The third-order valence-corrected chi connectivity index (χ3v) is 5.33. The normalized spacial score (nSPS) is 18.2. The van der Waals surface area contributed by atoms with E-state index in [9.17, 15) is 0 Å². The van der Waals surface area contributed by atoms with E-state index in [4.69, 9.17) is 4.98 Å². The van der Waals surface area contributed by atoms with Crippen LogP contribution in [0.25, 0.3) is 0 Å². The predicted octanol–water partition coefficient (Wildman–Crippen LogP) is 4.39. The van der Waals surface area contributed by atoms with Crippen molar-refractivity contribution in [3.05, 3.63) is 10.6 Å². The molecule has 0 spiro atoms. The zero-order valence-corrected chi connectivity index (χ0v) is 15.3. The van der Waals surface area contributed by atoms with Crippen molar-refractivity contribution in [2.24, 2.45) is 5.92 Å². The average molecular weight is 310 g/mol. The smallest absolute Gasteiger partial charge is 0.186 e. The Hall–Kier alpha value is -0.610. The Bertz CT molecular complexity index is 463. The largest absolute Gasteiger partial charge is 0.343 e. The first-order chi connectivity index (χ1) is 9.81. The SMILES string of the molecule is CC(C)CNCc1sc(N2CCCC2(C)C)nc1C(C)C. The lowest BCUT2D eigenvalue weighted by atomic mass is 10.0. The molecule has 0 amide bonds. The second-order valence-corrected chi connectivity index (χ2v) is 8.61. The fraction of sp³-hybridized carbons (Fsp3) is 0.824. The van der Waals surface area contributed by atoms with Gasteiger partial charge in [0.25, 0.3) is 0 Å². The van der Waals surface area contributed by atoms with E-state index >= 15 is 0 Å². The summed E-state index contributed by atoms with van der Waals surface area (Å²) in [6.07, 6.45) is 2.55. The van der Waals surface area contributed by atoms with Gasteiger partial charge in [0, 0.05) is 23.5 Å². The van der Waals surface area contributed by atoms with E-state index in [1.54, 1.807) is 0 Å². The Labute approximate surface area is 134 Å². The first kappa shape index (κ1) is 16.8. The maximum Gasteiger partial charge on any atom is 0.186 e. The molecule has 1 aliphatic heterocycles. The molecule has 2 rings (SSSR count). The van der Waals surface area contributed by atoms with Crippen LogP contribution >= 0.6 is 11.3 Å². The van der Waals surface area contributed by atoms with Gasteiger partial charge in [-0.25, -0.2) is 4.98 Å². The fourth-order valence-electron chi connectivity index (χ4n) is 2.98. The average Bonchev–Trinajstić information content (AvgIpc) is 2.91. The van der Waals surface area contributed by atoms with Gasteiger partial charge in [0.2, 0.25) is 0 Å². The summed E-state index contributed by atoms with van der Waals surface area (Å²) in [5.41, 5.74) is 1.54. The van der Waals surface area contributed by atoms with Crippen molar-refractivity contribution < 1.29 is 0 Å². The van der Waals surface area contributed by atoms with Gasteiger partial charge in [0.1, 0.15) is 0 Å². The molecule has 2 heterocycles. The van der Waals surface area contributed by atoms with Crippen molar-refractivity contribution in [1.82, 2.24) is 10.3 Å². The summed E-state index contributed by atoms with van der Waals surface area (Å²) in [6.45, 7) is 16.9. The minimum absolute atomic E-state index is 0.259. The van der Waals surface area contributed by atoms with Gasteiger partial charge in [-0.1, -0.05) is 27.7 Å². The standard InChI is InChI=1S/C17H31N3S/c1-12(2)10-18-11-14-15(13(3)4)19-16(21-14)20-9-7-8-17(20,5)6/h12-13,18H,7-11H2,1-6H3. The molecule has 0 saturated carbocycles. The Morgan fingerprint density at radius 3 is 2.52 bits per heavy atom. The third-order valence-electron chi connectivity index (χ3n) is 4.23. The second-order valence-electron chi connectivity index (χ2n) is 7.55. The van der Waals surface area contributed by atoms with E-state index in [2.05, 4.69) is 51.8 Å². The molecule has 0 unspecified atom stereocenters. The van der Waals surface area contributed by atoms with Crippen LogP contribution in [-0.4, -0.2) is 23.6 Å². The quantitative estimate of drug-likeness (QED) is 0.844. The summed E-state index contributed by atoms with van der Waals surface area (Å²) in [5.74, 6) is 1.19. The molecule has 3 nitrogen and oxygen atoms in total. The number of nitrogens with one attached hydrogen (secondary N) is 1. The second kappa shape index (κ2) is 6.66. The predicted molar refractivity (Wildman–Crippen MR) is 93.4 cm³/mol. The highest BCUT2D eigenvalue weighted by Gasteiger charge is 2.34. The third kappa shape index (κ3) is 3.98. The molecule has 120 valence electrons. The van der Waals surface area contributed by atoms with Crippen LogP contribution in [0.15, 0.2) is 0 Å². The van der Waals surface area contributed by atoms with Crippen molar-refractivity contribution in [2.75, 3.05) is 18.0 Å². The van der Waals surface area contributed by atoms with Crippen LogP contribution in [0.4, 0.5) is 5.13 Å². The van der Waals surface area contributed by atoms with E-state index < -0.39 is 0 Å². The van der Waals surface area contributed by atoms with Crippen LogP contribution < -0.4 is 10.2 Å². The number of rotatable bonds is 6. The van der Waals surface area contributed by atoms with Gasteiger partial charge in [-0.3, -0.25) is 0 Å². The molecular formula is C17H31N3S. The molecule has 0 atom stereocenters. The number of nitrogens with zero attached hydrogens (tertiary/aromatic N) is 2. The van der Waals surface area contributed by atoms with E-state index in [1.807, 2.05) is 11.3 Å². The lowest BCUT2D eigenvalue weighted by Crippen LogP contribution is -2.38. The number of anilines is 1. The summed E-state index contributed by atoms with van der Waals surface area (Å²) in [6, 6.07) is 0.